The number of rotatable bonds is 3. The van der Waals surface area contributed by atoms with E-state index >= 15 is 0 Å². The number of hydrogen-bond donors (Lipinski definition) is 0. The fraction of sp³-hybridized carbons (Fsp3) is 0.160. The monoisotopic (exact) mass is 417 g/mol. The molecule has 2 aromatic rings. The molecular weight excluding hydrogens is 392 g/mol. The highest BCUT2D eigenvalue weighted by molar-refractivity contribution is 6.25. The minimum atomic E-state index is -2.19. The molecule has 0 bridgehead atoms. The molecule has 2 aromatic carbocycles. The molecule has 0 unspecified atom stereocenters. The fourth-order valence-corrected chi connectivity index (χ4v) is 2.96. The average Bonchev–Trinajstić information content (AvgIpc) is 2.76. The van der Waals surface area contributed by atoms with Gasteiger partial charge in [-0.05, 0) is 46.6 Å². The van der Waals surface area contributed by atoms with Crippen LogP contribution in [0.1, 0.15) is 11.1 Å². The van der Waals surface area contributed by atoms with E-state index in [4.69, 9.17) is 19.8 Å². The smallest absolute Gasteiger partial charge is 0.199 e. The number of carbonyl (C=O) groups is 2. The van der Waals surface area contributed by atoms with Crippen molar-refractivity contribution in [2.45, 2.75) is 0 Å². The zero-order valence-corrected chi connectivity index (χ0v) is 18.0. The topological polar surface area (TPSA) is 86.5 Å². The largest absolute Gasteiger partial charge is 0.543 e. The van der Waals surface area contributed by atoms with Gasteiger partial charge in [0.2, 0.25) is 0 Å². The molecule has 0 atom stereocenters. The van der Waals surface area contributed by atoms with Crippen LogP contribution in [0.25, 0.3) is 5.57 Å². The van der Waals surface area contributed by atoms with Crippen molar-refractivity contribution in [2.24, 2.45) is 0 Å². The van der Waals surface area contributed by atoms with Crippen molar-refractivity contribution in [1.82, 2.24) is 0 Å². The molecule has 31 heavy (non-hydrogen) atoms. The van der Waals surface area contributed by atoms with E-state index in [1.807, 2.05) is 0 Å². The molecule has 1 aliphatic rings. The highest BCUT2D eigenvalue weighted by Gasteiger charge is 2.13. The third-order valence-electron chi connectivity index (χ3n) is 4.57. The minimum absolute atomic E-state index is 1.21. The Balaban J connectivity index is 0.000000501. The number of hydrogen-bond acceptors (Lipinski definition) is 5. The Morgan fingerprint density at radius 3 is 1.65 bits per heavy atom. The summed E-state index contributed by atoms with van der Waals surface area (Å²) in [4.78, 5) is 20.0. The molecule has 0 saturated carbocycles. The number of carboxylic acids is 2. The molecule has 0 aliphatic heterocycles. The lowest BCUT2D eigenvalue weighted by Crippen LogP contribution is -2.42. The van der Waals surface area contributed by atoms with Crippen LogP contribution in [0.4, 0.5) is 5.69 Å². The highest BCUT2D eigenvalue weighted by atomic mass is 16.4. The van der Waals surface area contributed by atoms with Gasteiger partial charge in [0.15, 0.2) is 5.71 Å². The van der Waals surface area contributed by atoms with Gasteiger partial charge in [-0.3, -0.25) is 0 Å². The Hall–Kier alpha value is -3.93. The summed E-state index contributed by atoms with van der Waals surface area (Å²) < 4.78 is 2.12. The van der Waals surface area contributed by atoms with Gasteiger partial charge in [0.1, 0.15) is 14.1 Å². The minimum Gasteiger partial charge on any atom is -0.543 e. The average molecular weight is 417 g/mol. The normalized spacial score (nSPS) is 12.0. The summed E-state index contributed by atoms with van der Waals surface area (Å²) in [6, 6.07) is 19.4. The SMILES string of the molecule is CN(C)c1ccc(C(=C2C=CC(=[N+](C)C)C=C2)c2ccccc2)cc1.O=C([O-])C(=O)[O-]. The molecule has 0 spiro atoms. The number of carboxylic acid groups (broad SMARTS) is 2. The van der Waals surface area contributed by atoms with Gasteiger partial charge in [-0.15, -0.1) is 0 Å². The second-order valence-corrected chi connectivity index (χ2v) is 7.20. The zero-order valence-electron chi connectivity index (χ0n) is 18.0. The fourth-order valence-electron chi connectivity index (χ4n) is 2.96. The Morgan fingerprint density at radius 1 is 0.742 bits per heavy atom. The number of allylic oxidation sites excluding steroid dienone is 5. The van der Waals surface area contributed by atoms with Crippen LogP contribution in [0.5, 0.6) is 0 Å². The van der Waals surface area contributed by atoms with Crippen molar-refractivity contribution in [3.8, 4) is 0 Å². The molecule has 0 heterocycles. The standard InChI is InChI=1S/C23H25N2.C2H2O4/c1-24(2)21-14-10-19(11-15-21)23(18-8-6-5-7-9-18)20-12-16-22(17-13-20)25(3)4;3-1(4)2(5)6/h5-17H,1-4H3;(H,3,4)(H,5,6)/q+1;/p-2. The Morgan fingerprint density at radius 2 is 1.23 bits per heavy atom. The van der Waals surface area contributed by atoms with E-state index in [2.05, 4.69) is 117 Å². The molecule has 3 rings (SSSR count). The Bertz CT molecular complexity index is 1030. The highest BCUT2D eigenvalue weighted by Crippen LogP contribution is 2.30. The Labute approximate surface area is 182 Å². The van der Waals surface area contributed by atoms with E-state index in [-0.39, 0.29) is 0 Å². The summed E-state index contributed by atoms with van der Waals surface area (Å²) in [5.41, 5.74) is 7.37. The van der Waals surface area contributed by atoms with Crippen LogP contribution in [0.3, 0.4) is 0 Å². The lowest BCUT2D eigenvalue weighted by molar-refractivity contribution is -0.462. The first-order valence-electron chi connectivity index (χ1n) is 9.61. The van der Waals surface area contributed by atoms with Gasteiger partial charge in [0.25, 0.3) is 0 Å². The van der Waals surface area contributed by atoms with Crippen LogP contribution >= 0.6 is 0 Å². The van der Waals surface area contributed by atoms with Crippen LogP contribution in [0, 0.1) is 0 Å². The van der Waals surface area contributed by atoms with Crippen molar-refractivity contribution in [3.05, 3.63) is 95.6 Å². The van der Waals surface area contributed by atoms with Crippen LogP contribution < -0.4 is 15.1 Å². The second kappa shape index (κ2) is 10.7. The van der Waals surface area contributed by atoms with E-state index in [0.717, 1.165) is 0 Å². The lowest BCUT2D eigenvalue weighted by Gasteiger charge is -2.16. The number of aliphatic carboxylic acids is 2. The number of nitrogens with zero attached hydrogens (tertiary/aromatic N) is 2. The molecule has 0 amide bonds. The summed E-state index contributed by atoms with van der Waals surface area (Å²) in [7, 11) is 8.27. The van der Waals surface area contributed by atoms with E-state index in [1.165, 1.54) is 33.7 Å². The van der Waals surface area contributed by atoms with E-state index in [1.54, 1.807) is 0 Å². The van der Waals surface area contributed by atoms with Gasteiger partial charge < -0.3 is 24.7 Å². The van der Waals surface area contributed by atoms with Gasteiger partial charge in [-0.2, -0.15) is 0 Å². The summed E-state index contributed by atoms with van der Waals surface area (Å²) in [6.07, 6.45) is 8.76. The molecule has 6 heteroatoms. The third kappa shape index (κ3) is 6.54. The molecule has 0 saturated heterocycles. The molecule has 1 aliphatic carbocycles. The van der Waals surface area contributed by atoms with Crippen LogP contribution in [0.2, 0.25) is 0 Å². The number of carbonyl (C=O) groups excluding carboxylic acids is 2. The van der Waals surface area contributed by atoms with Crippen LogP contribution in [-0.4, -0.2) is 50.4 Å². The van der Waals surface area contributed by atoms with Crippen molar-refractivity contribution >= 4 is 28.9 Å². The van der Waals surface area contributed by atoms with Gasteiger partial charge in [0, 0.05) is 31.9 Å². The predicted molar refractivity (Wildman–Crippen MR) is 119 cm³/mol. The van der Waals surface area contributed by atoms with Crippen molar-refractivity contribution in [2.75, 3.05) is 33.1 Å². The van der Waals surface area contributed by atoms with Crippen molar-refractivity contribution in [3.63, 3.8) is 0 Å². The Kier molecular flexibility index (Phi) is 8.09. The molecule has 160 valence electrons. The van der Waals surface area contributed by atoms with E-state index in [9.17, 15) is 0 Å². The quantitative estimate of drug-likeness (QED) is 0.547. The molecule has 0 radical (unpaired) electrons. The van der Waals surface area contributed by atoms with Gasteiger partial charge in [-0.1, -0.05) is 42.5 Å². The molecular formula is C25H25N2O4-. The maximum absolute atomic E-state index is 8.93. The van der Waals surface area contributed by atoms with Gasteiger partial charge >= 0.3 is 0 Å². The van der Waals surface area contributed by atoms with Gasteiger partial charge in [0.05, 0.1) is 11.9 Å². The lowest BCUT2D eigenvalue weighted by atomic mass is 9.90. The summed E-state index contributed by atoms with van der Waals surface area (Å²) >= 11 is 0. The summed E-state index contributed by atoms with van der Waals surface area (Å²) in [5, 5.41) is 17.9. The van der Waals surface area contributed by atoms with Crippen LogP contribution in [-0.2, 0) is 9.59 Å². The third-order valence-corrected chi connectivity index (χ3v) is 4.57. The number of anilines is 1. The molecule has 6 nitrogen and oxygen atoms in total. The van der Waals surface area contributed by atoms with Crippen LogP contribution in [0.15, 0.2) is 84.5 Å². The van der Waals surface area contributed by atoms with Gasteiger partial charge in [-0.25, -0.2) is 4.58 Å². The first kappa shape index (κ1) is 23.3. The summed E-state index contributed by atoms with van der Waals surface area (Å²) in [6.45, 7) is 0. The van der Waals surface area contributed by atoms with E-state index in [0.29, 0.717) is 0 Å². The van der Waals surface area contributed by atoms with Crippen molar-refractivity contribution < 1.29 is 24.4 Å². The first-order chi connectivity index (χ1) is 14.7. The predicted octanol–water partition coefficient (Wildman–Crippen LogP) is 0.880. The van der Waals surface area contributed by atoms with E-state index < -0.39 is 11.9 Å². The van der Waals surface area contributed by atoms with Crippen molar-refractivity contribution in [1.29, 1.82) is 0 Å². The first-order valence-corrected chi connectivity index (χ1v) is 9.61. The summed E-state index contributed by atoms with van der Waals surface area (Å²) in [5.74, 6) is -4.37. The maximum Gasteiger partial charge on any atom is 0.199 e. The molecule has 0 fully saturated rings. The molecule has 0 N–H and O–H groups in total. The number of benzene rings is 2. The zero-order chi connectivity index (χ0) is 23.0. The second-order valence-electron chi connectivity index (χ2n) is 7.20. The maximum atomic E-state index is 8.93. The molecule has 0 aromatic heterocycles.